The largest absolute Gasteiger partial charge is 0.478 e. The van der Waals surface area contributed by atoms with E-state index >= 15 is 0 Å². The number of carbonyl (C=O) groups is 1. The minimum Gasteiger partial charge on any atom is -0.478 e. The summed E-state index contributed by atoms with van der Waals surface area (Å²) in [5.41, 5.74) is -0.0222. The lowest BCUT2D eigenvalue weighted by molar-refractivity contribution is -0.141. The van der Waals surface area contributed by atoms with Crippen molar-refractivity contribution in [2.24, 2.45) is 0 Å². The number of nitrogens with zero attached hydrogens (tertiary/aromatic N) is 2. The van der Waals surface area contributed by atoms with E-state index in [0.29, 0.717) is 11.3 Å². The molecule has 0 amide bonds. The van der Waals surface area contributed by atoms with Crippen LogP contribution < -0.4 is 0 Å². The van der Waals surface area contributed by atoms with Crippen molar-refractivity contribution in [3.63, 3.8) is 0 Å². The summed E-state index contributed by atoms with van der Waals surface area (Å²) in [4.78, 5) is 10.4. The van der Waals surface area contributed by atoms with Crippen LogP contribution in [0.15, 0.2) is 42.6 Å². The highest BCUT2D eigenvalue weighted by Crippen LogP contribution is 2.27. The van der Waals surface area contributed by atoms with Crippen LogP contribution in [0.1, 0.15) is 11.3 Å². The van der Waals surface area contributed by atoms with Gasteiger partial charge in [0.15, 0.2) is 5.69 Å². The van der Waals surface area contributed by atoms with Gasteiger partial charge in [-0.3, -0.25) is 0 Å². The number of carboxylic acids is 1. The zero-order chi connectivity index (χ0) is 14.8. The smallest absolute Gasteiger partial charge is 0.435 e. The number of carboxylic acid groups (broad SMARTS) is 1. The lowest BCUT2D eigenvalue weighted by Crippen LogP contribution is -2.07. The van der Waals surface area contributed by atoms with Crippen LogP contribution in [0.2, 0.25) is 0 Å². The number of benzene rings is 1. The topological polar surface area (TPSA) is 55.1 Å². The first-order valence-electron chi connectivity index (χ1n) is 5.50. The SMILES string of the molecule is O=C(O)C=Cc1cccc(-n2ccc(C(F)(F)F)n2)c1. The lowest BCUT2D eigenvalue weighted by atomic mass is 10.2. The normalized spacial score (nSPS) is 11.9. The first kappa shape index (κ1) is 13.9. The molecule has 0 unspecified atom stereocenters. The van der Waals surface area contributed by atoms with Crippen molar-refractivity contribution in [2.75, 3.05) is 0 Å². The fourth-order valence-electron chi connectivity index (χ4n) is 1.56. The highest BCUT2D eigenvalue weighted by Gasteiger charge is 2.33. The molecule has 1 aromatic carbocycles. The molecule has 4 nitrogen and oxygen atoms in total. The molecule has 1 aromatic heterocycles. The molecule has 0 atom stereocenters. The molecule has 0 aliphatic heterocycles. The van der Waals surface area contributed by atoms with Crippen LogP contribution in [0.4, 0.5) is 13.2 Å². The number of hydrogen-bond donors (Lipinski definition) is 1. The number of alkyl halides is 3. The van der Waals surface area contributed by atoms with Gasteiger partial charge in [-0.15, -0.1) is 0 Å². The van der Waals surface area contributed by atoms with Crippen LogP contribution in [0.25, 0.3) is 11.8 Å². The van der Waals surface area contributed by atoms with Crippen LogP contribution in [-0.4, -0.2) is 20.9 Å². The molecule has 104 valence electrons. The van der Waals surface area contributed by atoms with E-state index < -0.39 is 17.8 Å². The van der Waals surface area contributed by atoms with Crippen LogP contribution in [-0.2, 0) is 11.0 Å². The Morgan fingerprint density at radius 2 is 2.05 bits per heavy atom. The summed E-state index contributed by atoms with van der Waals surface area (Å²) in [6.45, 7) is 0. The number of rotatable bonds is 3. The number of hydrogen-bond acceptors (Lipinski definition) is 2. The Bertz CT molecular complexity index is 660. The second-order valence-electron chi connectivity index (χ2n) is 3.91. The van der Waals surface area contributed by atoms with Gasteiger partial charge in [0, 0.05) is 12.3 Å². The average molecular weight is 282 g/mol. The maximum Gasteiger partial charge on any atom is 0.435 e. The van der Waals surface area contributed by atoms with Gasteiger partial charge in [-0.2, -0.15) is 18.3 Å². The summed E-state index contributed by atoms with van der Waals surface area (Å²) in [5, 5.41) is 12.0. The van der Waals surface area contributed by atoms with Crippen molar-refractivity contribution in [1.82, 2.24) is 9.78 Å². The Labute approximate surface area is 111 Å². The van der Waals surface area contributed by atoms with Gasteiger partial charge < -0.3 is 5.11 Å². The highest BCUT2D eigenvalue weighted by molar-refractivity contribution is 5.85. The van der Waals surface area contributed by atoms with Crippen LogP contribution in [0.5, 0.6) is 0 Å². The van der Waals surface area contributed by atoms with Gasteiger partial charge in [0.2, 0.25) is 0 Å². The molecule has 7 heteroatoms. The van der Waals surface area contributed by atoms with Gasteiger partial charge in [-0.25, -0.2) is 9.48 Å². The molecule has 0 aliphatic rings. The molecular weight excluding hydrogens is 273 g/mol. The third-order valence-electron chi connectivity index (χ3n) is 2.43. The summed E-state index contributed by atoms with van der Waals surface area (Å²) in [5.74, 6) is -1.10. The molecule has 1 N–H and O–H groups in total. The molecule has 0 bridgehead atoms. The van der Waals surface area contributed by atoms with Crippen LogP contribution >= 0.6 is 0 Å². The first-order valence-corrected chi connectivity index (χ1v) is 5.50. The van der Waals surface area contributed by atoms with E-state index in [9.17, 15) is 18.0 Å². The fourth-order valence-corrected chi connectivity index (χ4v) is 1.56. The van der Waals surface area contributed by atoms with Gasteiger partial charge in [0.25, 0.3) is 0 Å². The summed E-state index contributed by atoms with van der Waals surface area (Å²) in [6.07, 6.45) is -1.00. The molecule has 20 heavy (non-hydrogen) atoms. The van der Waals surface area contributed by atoms with Crippen molar-refractivity contribution in [3.05, 3.63) is 53.9 Å². The molecule has 0 aliphatic carbocycles. The summed E-state index contributed by atoms with van der Waals surface area (Å²) >= 11 is 0. The van der Waals surface area contributed by atoms with E-state index in [1.807, 2.05) is 0 Å². The molecule has 0 radical (unpaired) electrons. The van der Waals surface area contributed by atoms with Crippen molar-refractivity contribution >= 4 is 12.0 Å². The predicted molar refractivity (Wildman–Crippen MR) is 65.2 cm³/mol. The van der Waals surface area contributed by atoms with E-state index in [-0.39, 0.29) is 0 Å². The van der Waals surface area contributed by atoms with E-state index in [2.05, 4.69) is 5.10 Å². The standard InChI is InChI=1S/C13H9F3N2O2/c14-13(15,16)11-6-7-18(17-11)10-3-1-2-9(8-10)4-5-12(19)20/h1-8H,(H,19,20). The van der Waals surface area contributed by atoms with E-state index in [4.69, 9.17) is 5.11 Å². The summed E-state index contributed by atoms with van der Waals surface area (Å²) in [6, 6.07) is 7.22. The zero-order valence-electron chi connectivity index (χ0n) is 10.0. The third kappa shape index (κ3) is 3.25. The predicted octanol–water partition coefficient (Wildman–Crippen LogP) is 2.99. The molecule has 0 fully saturated rings. The fraction of sp³-hybridized carbons (Fsp3) is 0.0769. The Kier molecular flexibility index (Phi) is 3.60. The van der Waals surface area contributed by atoms with Gasteiger partial charge in [-0.1, -0.05) is 12.1 Å². The number of aromatic nitrogens is 2. The average Bonchev–Trinajstić information content (AvgIpc) is 2.86. The van der Waals surface area contributed by atoms with Crippen molar-refractivity contribution in [1.29, 1.82) is 0 Å². The zero-order valence-corrected chi connectivity index (χ0v) is 10.0. The molecule has 2 rings (SSSR count). The number of aliphatic carboxylic acids is 1. The monoisotopic (exact) mass is 282 g/mol. The quantitative estimate of drug-likeness (QED) is 0.880. The molecule has 0 saturated carbocycles. The summed E-state index contributed by atoms with van der Waals surface area (Å²) < 4.78 is 38.4. The Morgan fingerprint density at radius 3 is 2.65 bits per heavy atom. The first-order chi connectivity index (χ1) is 9.36. The number of halogens is 3. The maximum atomic E-state index is 12.5. The third-order valence-corrected chi connectivity index (χ3v) is 2.43. The molecule has 0 spiro atoms. The Morgan fingerprint density at radius 1 is 1.30 bits per heavy atom. The van der Waals surface area contributed by atoms with Crippen LogP contribution in [0.3, 0.4) is 0 Å². The highest BCUT2D eigenvalue weighted by atomic mass is 19.4. The lowest BCUT2D eigenvalue weighted by Gasteiger charge is -2.04. The van der Waals surface area contributed by atoms with E-state index in [0.717, 1.165) is 16.8 Å². The minimum atomic E-state index is -4.49. The minimum absolute atomic E-state index is 0.410. The Balaban J connectivity index is 2.31. The molecule has 2 aromatic rings. The molecule has 0 saturated heterocycles. The second kappa shape index (κ2) is 5.20. The van der Waals surface area contributed by atoms with E-state index in [1.54, 1.807) is 18.2 Å². The van der Waals surface area contributed by atoms with Crippen molar-refractivity contribution in [2.45, 2.75) is 6.18 Å². The van der Waals surface area contributed by atoms with Crippen molar-refractivity contribution in [3.8, 4) is 5.69 Å². The molecule has 1 heterocycles. The Hall–Kier alpha value is -2.57. The molecular formula is C13H9F3N2O2. The van der Waals surface area contributed by atoms with Gasteiger partial charge in [-0.05, 0) is 29.8 Å². The van der Waals surface area contributed by atoms with Gasteiger partial charge >= 0.3 is 12.1 Å². The summed E-state index contributed by atoms with van der Waals surface area (Å²) in [7, 11) is 0. The maximum absolute atomic E-state index is 12.5. The van der Waals surface area contributed by atoms with E-state index in [1.165, 1.54) is 18.3 Å². The van der Waals surface area contributed by atoms with Crippen LogP contribution in [0, 0.1) is 0 Å². The van der Waals surface area contributed by atoms with Crippen molar-refractivity contribution < 1.29 is 23.1 Å². The van der Waals surface area contributed by atoms with Gasteiger partial charge in [0.05, 0.1) is 5.69 Å². The van der Waals surface area contributed by atoms with Gasteiger partial charge in [0.1, 0.15) is 0 Å². The second-order valence-corrected chi connectivity index (χ2v) is 3.91.